The quantitative estimate of drug-likeness (QED) is 0.676. The van der Waals surface area contributed by atoms with Gasteiger partial charge in [0, 0.05) is 0 Å². The summed E-state index contributed by atoms with van der Waals surface area (Å²) < 4.78 is 11.4. The van der Waals surface area contributed by atoms with E-state index in [9.17, 15) is 4.79 Å². The minimum atomic E-state index is -0.290. The first-order chi connectivity index (χ1) is 12.8. The highest BCUT2D eigenvalue weighted by Crippen LogP contribution is 2.25. The molecule has 5 heteroatoms. The van der Waals surface area contributed by atoms with Gasteiger partial charge < -0.3 is 20.1 Å². The van der Waals surface area contributed by atoms with Gasteiger partial charge in [-0.25, -0.2) is 4.79 Å². The molecule has 2 aromatic carbocycles. The van der Waals surface area contributed by atoms with Crippen LogP contribution in [0.1, 0.15) is 40.2 Å². The molecule has 5 nitrogen and oxygen atoms in total. The molecule has 0 heterocycles. The van der Waals surface area contributed by atoms with Crippen molar-refractivity contribution in [3.05, 3.63) is 54.1 Å². The second-order valence-electron chi connectivity index (χ2n) is 7.67. The Labute approximate surface area is 162 Å². The monoisotopic (exact) mass is 370 g/mol. The normalized spacial score (nSPS) is 11.2. The number of anilines is 1. The van der Waals surface area contributed by atoms with Crippen molar-refractivity contribution >= 4 is 11.7 Å². The Bertz CT molecular complexity index is 734. The molecule has 0 fully saturated rings. The minimum absolute atomic E-state index is 0.0362. The molecule has 0 aliphatic rings. The van der Waals surface area contributed by atoms with Crippen LogP contribution in [0.2, 0.25) is 0 Å². The predicted molar refractivity (Wildman–Crippen MR) is 110 cm³/mol. The molecule has 0 spiro atoms. The van der Waals surface area contributed by atoms with Crippen molar-refractivity contribution in [2.45, 2.75) is 46.1 Å². The molecule has 0 saturated heterocycles. The van der Waals surface area contributed by atoms with Gasteiger partial charge in [-0.15, -0.1) is 0 Å². The molecule has 0 aliphatic carbocycles. The van der Waals surface area contributed by atoms with Crippen molar-refractivity contribution in [2.24, 2.45) is 0 Å². The molecular weight excluding hydrogens is 340 g/mol. The van der Waals surface area contributed by atoms with E-state index in [0.29, 0.717) is 24.6 Å². The number of nitrogens with one attached hydrogen (secondary N) is 2. The highest BCUT2D eigenvalue weighted by Gasteiger charge is 2.13. The van der Waals surface area contributed by atoms with Crippen LogP contribution in [-0.2, 0) is 5.41 Å². The average Bonchev–Trinajstić information content (AvgIpc) is 2.60. The lowest BCUT2D eigenvalue weighted by Crippen LogP contribution is -2.32. The van der Waals surface area contributed by atoms with Gasteiger partial charge in [-0.2, -0.15) is 0 Å². The Morgan fingerprint density at radius 2 is 1.70 bits per heavy atom. The van der Waals surface area contributed by atoms with Crippen molar-refractivity contribution in [2.75, 3.05) is 18.5 Å². The van der Waals surface area contributed by atoms with Crippen molar-refractivity contribution in [1.82, 2.24) is 5.32 Å². The highest BCUT2D eigenvalue weighted by atomic mass is 16.5. The molecule has 0 radical (unpaired) electrons. The van der Waals surface area contributed by atoms with Gasteiger partial charge in [0.05, 0.1) is 18.3 Å². The van der Waals surface area contributed by atoms with Gasteiger partial charge in [0.25, 0.3) is 0 Å². The topological polar surface area (TPSA) is 59.6 Å². The lowest BCUT2D eigenvalue weighted by molar-refractivity contribution is 0.240. The zero-order chi connectivity index (χ0) is 19.9. The van der Waals surface area contributed by atoms with E-state index in [0.717, 1.165) is 5.75 Å². The molecule has 146 valence electrons. The van der Waals surface area contributed by atoms with Crippen LogP contribution < -0.4 is 20.1 Å². The number of urea groups is 1. The van der Waals surface area contributed by atoms with Gasteiger partial charge in [-0.3, -0.25) is 0 Å². The maximum atomic E-state index is 12.1. The molecule has 0 bridgehead atoms. The van der Waals surface area contributed by atoms with E-state index in [4.69, 9.17) is 9.47 Å². The van der Waals surface area contributed by atoms with E-state index in [1.807, 2.05) is 50.2 Å². The van der Waals surface area contributed by atoms with Crippen LogP contribution >= 0.6 is 0 Å². The van der Waals surface area contributed by atoms with E-state index in [1.165, 1.54) is 5.56 Å². The molecule has 0 atom stereocenters. The third-order valence-electron chi connectivity index (χ3n) is 3.87. The number of carbonyl (C=O) groups excluding carboxylic acids is 1. The first kappa shape index (κ1) is 20.6. The van der Waals surface area contributed by atoms with Crippen LogP contribution in [0.5, 0.6) is 11.5 Å². The molecule has 2 rings (SSSR count). The first-order valence-electron chi connectivity index (χ1n) is 9.29. The number of hydrogen-bond donors (Lipinski definition) is 2. The number of para-hydroxylation sites is 2. The van der Waals surface area contributed by atoms with Crippen LogP contribution in [0.3, 0.4) is 0 Å². The zero-order valence-electron chi connectivity index (χ0n) is 16.8. The Balaban J connectivity index is 1.77. The molecule has 27 heavy (non-hydrogen) atoms. The summed E-state index contributed by atoms with van der Waals surface area (Å²) in [4.78, 5) is 12.1. The fourth-order valence-corrected chi connectivity index (χ4v) is 2.48. The average molecular weight is 370 g/mol. The summed E-state index contributed by atoms with van der Waals surface area (Å²) in [7, 11) is 0. The molecule has 0 saturated carbocycles. The molecule has 0 aromatic heterocycles. The lowest BCUT2D eigenvalue weighted by atomic mass is 9.87. The van der Waals surface area contributed by atoms with Gasteiger partial charge in [0.2, 0.25) is 0 Å². The van der Waals surface area contributed by atoms with Crippen molar-refractivity contribution in [1.29, 1.82) is 0 Å². The van der Waals surface area contributed by atoms with Crippen LogP contribution in [0, 0.1) is 0 Å². The fraction of sp³-hybridized carbons (Fsp3) is 0.409. The molecular formula is C22H30N2O3. The lowest BCUT2D eigenvalue weighted by Gasteiger charge is -2.19. The van der Waals surface area contributed by atoms with Crippen molar-refractivity contribution in [3.8, 4) is 11.5 Å². The van der Waals surface area contributed by atoms with E-state index < -0.39 is 0 Å². The maximum absolute atomic E-state index is 12.1. The molecule has 2 N–H and O–H groups in total. The smallest absolute Gasteiger partial charge is 0.319 e. The molecule has 0 aliphatic heterocycles. The van der Waals surface area contributed by atoms with Gasteiger partial charge in [0.15, 0.2) is 0 Å². The number of rotatable bonds is 7. The second-order valence-corrected chi connectivity index (χ2v) is 7.67. The van der Waals surface area contributed by atoms with Gasteiger partial charge in [-0.1, -0.05) is 45.0 Å². The van der Waals surface area contributed by atoms with Gasteiger partial charge in [0.1, 0.15) is 18.1 Å². The summed E-state index contributed by atoms with van der Waals surface area (Å²) in [6, 6.07) is 15.1. The fourth-order valence-electron chi connectivity index (χ4n) is 2.48. The second kappa shape index (κ2) is 9.31. The summed E-state index contributed by atoms with van der Waals surface area (Å²) in [6.07, 6.45) is 0.0362. The Kier molecular flexibility index (Phi) is 7.11. The largest absolute Gasteiger partial charge is 0.492 e. The SMILES string of the molecule is CC(C)Oc1ccccc1NC(=O)NCCOc1ccc(C(C)(C)C)cc1. The summed E-state index contributed by atoms with van der Waals surface area (Å²) in [6.45, 7) is 11.2. The standard InChI is InChI=1S/C22H30N2O3/c1-16(2)27-20-9-7-6-8-19(20)24-21(25)23-14-15-26-18-12-10-17(11-13-18)22(3,4)5/h6-13,16H,14-15H2,1-5H3,(H2,23,24,25). The van der Waals surface area contributed by atoms with Crippen LogP contribution in [0.25, 0.3) is 0 Å². The minimum Gasteiger partial charge on any atom is -0.492 e. The molecule has 2 aromatic rings. The van der Waals surface area contributed by atoms with Crippen molar-refractivity contribution < 1.29 is 14.3 Å². The van der Waals surface area contributed by atoms with Crippen LogP contribution in [0.4, 0.5) is 10.5 Å². The van der Waals surface area contributed by atoms with Crippen LogP contribution in [0.15, 0.2) is 48.5 Å². The maximum Gasteiger partial charge on any atom is 0.319 e. The number of amides is 2. The van der Waals surface area contributed by atoms with Crippen molar-refractivity contribution in [3.63, 3.8) is 0 Å². The zero-order valence-corrected chi connectivity index (χ0v) is 16.8. The third kappa shape index (κ3) is 6.85. The van der Waals surface area contributed by atoms with E-state index in [2.05, 4.69) is 43.5 Å². The summed E-state index contributed by atoms with van der Waals surface area (Å²) in [5.41, 5.74) is 2.02. The summed E-state index contributed by atoms with van der Waals surface area (Å²) >= 11 is 0. The van der Waals surface area contributed by atoms with E-state index in [1.54, 1.807) is 0 Å². The van der Waals surface area contributed by atoms with Crippen LogP contribution in [-0.4, -0.2) is 25.3 Å². The van der Waals surface area contributed by atoms with E-state index >= 15 is 0 Å². The predicted octanol–water partition coefficient (Wildman–Crippen LogP) is 4.97. The highest BCUT2D eigenvalue weighted by molar-refractivity contribution is 5.90. The third-order valence-corrected chi connectivity index (χ3v) is 3.87. The molecule has 2 amide bonds. The Hall–Kier alpha value is -2.69. The summed E-state index contributed by atoms with van der Waals surface area (Å²) in [5.74, 6) is 1.44. The number of ether oxygens (including phenoxy) is 2. The number of hydrogen-bond acceptors (Lipinski definition) is 3. The van der Waals surface area contributed by atoms with Gasteiger partial charge >= 0.3 is 6.03 Å². The number of benzene rings is 2. The molecule has 0 unspecified atom stereocenters. The number of carbonyl (C=O) groups is 1. The van der Waals surface area contributed by atoms with Gasteiger partial charge in [-0.05, 0) is 49.1 Å². The Morgan fingerprint density at radius 3 is 2.33 bits per heavy atom. The summed E-state index contributed by atoms with van der Waals surface area (Å²) in [5, 5.41) is 5.60. The van der Waals surface area contributed by atoms with E-state index in [-0.39, 0.29) is 17.6 Å². The Morgan fingerprint density at radius 1 is 1.04 bits per heavy atom. The first-order valence-corrected chi connectivity index (χ1v) is 9.29.